The molecule has 1 N–H and O–H groups in total. The molecule has 62 valence electrons. The van der Waals surface area contributed by atoms with Crippen molar-refractivity contribution in [3.8, 4) is 0 Å². The van der Waals surface area contributed by atoms with Gasteiger partial charge in [-0.2, -0.15) is 0 Å². The van der Waals surface area contributed by atoms with Gasteiger partial charge in [-0.15, -0.1) is 0 Å². The molecule has 0 saturated heterocycles. The average molecular weight is 160 g/mol. The van der Waals surface area contributed by atoms with Crippen LogP contribution in [0, 0.1) is 0 Å². The van der Waals surface area contributed by atoms with Gasteiger partial charge in [-0.3, -0.25) is 4.99 Å². The van der Waals surface area contributed by atoms with Crippen LogP contribution in [0.15, 0.2) is 47.7 Å². The summed E-state index contributed by atoms with van der Waals surface area (Å²) < 4.78 is 0. The topological polar surface area (TPSA) is 24.4 Å². The van der Waals surface area contributed by atoms with E-state index in [0.29, 0.717) is 0 Å². The molecule has 2 heteroatoms. The van der Waals surface area contributed by atoms with Crippen molar-refractivity contribution in [2.24, 2.45) is 4.99 Å². The maximum Gasteiger partial charge on any atom is 0.0424 e. The van der Waals surface area contributed by atoms with E-state index in [2.05, 4.69) is 10.3 Å². The minimum absolute atomic E-state index is 1.11. The molecule has 0 aromatic heterocycles. The summed E-state index contributed by atoms with van der Waals surface area (Å²) in [5, 5.41) is 2.86. The van der Waals surface area contributed by atoms with Gasteiger partial charge in [0.2, 0.25) is 0 Å². The van der Waals surface area contributed by atoms with E-state index < -0.39 is 0 Å². The first kappa shape index (κ1) is 8.53. The Morgan fingerprint density at radius 1 is 1.25 bits per heavy atom. The quantitative estimate of drug-likeness (QED) is 0.670. The van der Waals surface area contributed by atoms with Crippen molar-refractivity contribution in [2.45, 2.75) is 0 Å². The molecule has 2 nitrogen and oxygen atoms in total. The van der Waals surface area contributed by atoms with E-state index in [9.17, 15) is 0 Å². The smallest absolute Gasteiger partial charge is 0.0424 e. The lowest BCUT2D eigenvalue weighted by Crippen LogP contribution is -1.89. The zero-order valence-corrected chi connectivity index (χ0v) is 7.07. The molecule has 0 aliphatic rings. The summed E-state index contributed by atoms with van der Waals surface area (Å²) in [5.41, 5.74) is 1.11. The monoisotopic (exact) mass is 160 g/mol. The lowest BCUT2D eigenvalue weighted by Gasteiger charge is -1.87. The van der Waals surface area contributed by atoms with Gasteiger partial charge in [-0.05, 0) is 5.56 Å². The predicted molar refractivity (Wildman–Crippen MR) is 52.2 cm³/mol. The second kappa shape index (κ2) is 5.13. The van der Waals surface area contributed by atoms with Crippen LogP contribution in [0.1, 0.15) is 5.56 Å². The molecule has 0 amide bonds. The Bertz CT molecular complexity index is 262. The normalized spacial score (nSPS) is 11.1. The number of rotatable bonds is 3. The van der Waals surface area contributed by atoms with Gasteiger partial charge in [0.05, 0.1) is 0 Å². The van der Waals surface area contributed by atoms with Gasteiger partial charge in [-0.25, -0.2) is 0 Å². The molecule has 0 heterocycles. The van der Waals surface area contributed by atoms with Crippen molar-refractivity contribution in [3.63, 3.8) is 0 Å². The molecule has 0 bridgehead atoms. The number of benzene rings is 1. The number of hydrogen-bond donors (Lipinski definition) is 1. The zero-order chi connectivity index (χ0) is 8.65. The molecular weight excluding hydrogens is 148 g/mol. The van der Waals surface area contributed by atoms with Crippen LogP contribution in [0.3, 0.4) is 0 Å². The average Bonchev–Trinajstić information content (AvgIpc) is 2.14. The molecular formula is C10H12N2. The molecule has 0 radical (unpaired) electrons. The number of nitrogens with one attached hydrogen (secondary N) is 1. The van der Waals surface area contributed by atoms with Crippen LogP contribution in [0.25, 0.3) is 0 Å². The predicted octanol–water partition coefficient (Wildman–Crippen LogP) is 1.80. The molecule has 0 saturated carbocycles. The van der Waals surface area contributed by atoms with Crippen molar-refractivity contribution in [1.82, 2.24) is 5.32 Å². The molecule has 1 aromatic rings. The lowest BCUT2D eigenvalue weighted by molar-refractivity contribution is 1.09. The Labute approximate surface area is 72.6 Å². The highest BCUT2D eigenvalue weighted by molar-refractivity contribution is 5.79. The van der Waals surface area contributed by atoms with E-state index in [1.165, 1.54) is 0 Å². The molecule has 0 unspecified atom stereocenters. The Balaban J connectivity index is 2.52. The van der Waals surface area contributed by atoms with Gasteiger partial charge in [0.1, 0.15) is 0 Å². The Kier molecular flexibility index (Phi) is 3.64. The highest BCUT2D eigenvalue weighted by atomic mass is 14.8. The first-order valence-corrected chi connectivity index (χ1v) is 3.84. The fourth-order valence-corrected chi connectivity index (χ4v) is 0.786. The van der Waals surface area contributed by atoms with Gasteiger partial charge in [0.15, 0.2) is 0 Å². The number of aliphatic imine (C=N–C) groups is 1. The van der Waals surface area contributed by atoms with Crippen LogP contribution in [0.5, 0.6) is 0 Å². The first-order chi connectivity index (χ1) is 5.93. The summed E-state index contributed by atoms with van der Waals surface area (Å²) in [6.07, 6.45) is 5.31. The maximum absolute atomic E-state index is 4.06. The molecule has 1 rings (SSSR count). The fourth-order valence-electron chi connectivity index (χ4n) is 0.786. The largest absolute Gasteiger partial charge is 0.393 e. The third kappa shape index (κ3) is 3.01. The number of nitrogens with zero attached hydrogens (tertiary/aromatic N) is 1. The summed E-state index contributed by atoms with van der Waals surface area (Å²) in [5.74, 6) is 0. The number of hydrogen-bond acceptors (Lipinski definition) is 2. The van der Waals surface area contributed by atoms with Crippen molar-refractivity contribution in [1.29, 1.82) is 0 Å². The Morgan fingerprint density at radius 2 is 2.00 bits per heavy atom. The minimum atomic E-state index is 1.11. The van der Waals surface area contributed by atoms with Gasteiger partial charge in [-0.1, -0.05) is 30.3 Å². The molecule has 0 atom stereocenters. The van der Waals surface area contributed by atoms with Gasteiger partial charge in [0.25, 0.3) is 0 Å². The van der Waals surface area contributed by atoms with Gasteiger partial charge < -0.3 is 5.32 Å². The Morgan fingerprint density at radius 3 is 2.67 bits per heavy atom. The summed E-state index contributed by atoms with van der Waals surface area (Å²) in [6, 6.07) is 9.99. The van der Waals surface area contributed by atoms with E-state index in [0.717, 1.165) is 5.56 Å². The zero-order valence-electron chi connectivity index (χ0n) is 7.07. The molecule has 1 aromatic carbocycles. The van der Waals surface area contributed by atoms with Crippen LogP contribution < -0.4 is 5.32 Å². The molecule has 0 fully saturated rings. The highest BCUT2D eigenvalue weighted by Gasteiger charge is 1.79. The second-order valence-electron chi connectivity index (χ2n) is 2.29. The van der Waals surface area contributed by atoms with Crippen LogP contribution in [0.4, 0.5) is 0 Å². The SMILES string of the molecule is CN/C=C\N=Cc1ccccc1. The summed E-state index contributed by atoms with van der Waals surface area (Å²) in [6.45, 7) is 0. The van der Waals surface area contributed by atoms with Crippen LogP contribution >= 0.6 is 0 Å². The van der Waals surface area contributed by atoms with E-state index in [1.54, 1.807) is 12.4 Å². The summed E-state index contributed by atoms with van der Waals surface area (Å²) in [7, 11) is 1.84. The third-order valence-corrected chi connectivity index (χ3v) is 1.35. The molecule has 0 aliphatic heterocycles. The fraction of sp³-hybridized carbons (Fsp3) is 0.100. The van der Waals surface area contributed by atoms with E-state index in [-0.39, 0.29) is 0 Å². The van der Waals surface area contributed by atoms with E-state index >= 15 is 0 Å². The molecule has 0 spiro atoms. The highest BCUT2D eigenvalue weighted by Crippen LogP contribution is 1.93. The van der Waals surface area contributed by atoms with E-state index in [1.807, 2.05) is 43.6 Å². The van der Waals surface area contributed by atoms with Crippen molar-refractivity contribution >= 4 is 6.21 Å². The molecule has 12 heavy (non-hydrogen) atoms. The maximum atomic E-state index is 4.06. The van der Waals surface area contributed by atoms with Crippen LogP contribution in [-0.4, -0.2) is 13.3 Å². The minimum Gasteiger partial charge on any atom is -0.393 e. The summed E-state index contributed by atoms with van der Waals surface area (Å²) in [4.78, 5) is 4.06. The van der Waals surface area contributed by atoms with Crippen LogP contribution in [0.2, 0.25) is 0 Å². The first-order valence-electron chi connectivity index (χ1n) is 3.84. The second-order valence-corrected chi connectivity index (χ2v) is 2.29. The third-order valence-electron chi connectivity index (χ3n) is 1.35. The summed E-state index contributed by atoms with van der Waals surface area (Å²) >= 11 is 0. The van der Waals surface area contributed by atoms with Gasteiger partial charge >= 0.3 is 0 Å². The van der Waals surface area contributed by atoms with Crippen LogP contribution in [-0.2, 0) is 0 Å². The standard InChI is InChI=1S/C10H12N2/c1-11-7-8-12-9-10-5-3-2-4-6-10/h2-9,11H,1H3/b8-7-,12-9?. The van der Waals surface area contributed by atoms with E-state index in [4.69, 9.17) is 0 Å². The van der Waals surface area contributed by atoms with Crippen molar-refractivity contribution in [2.75, 3.05) is 7.05 Å². The Hall–Kier alpha value is -1.57. The molecule has 0 aliphatic carbocycles. The van der Waals surface area contributed by atoms with Gasteiger partial charge in [0, 0.05) is 25.7 Å². The van der Waals surface area contributed by atoms with Crippen molar-refractivity contribution in [3.05, 3.63) is 48.3 Å². The lowest BCUT2D eigenvalue weighted by atomic mass is 10.2. The van der Waals surface area contributed by atoms with Crippen molar-refractivity contribution < 1.29 is 0 Å².